The summed E-state index contributed by atoms with van der Waals surface area (Å²) in [6.07, 6.45) is 0.668. The van der Waals surface area contributed by atoms with E-state index in [0.29, 0.717) is 18.5 Å². The molecule has 0 fully saturated rings. The fourth-order valence-corrected chi connectivity index (χ4v) is 5.36. The molecule has 9 nitrogen and oxygen atoms in total. The summed E-state index contributed by atoms with van der Waals surface area (Å²) in [5.74, 6) is -0.872. The minimum Gasteiger partial charge on any atom is -0.386 e. The van der Waals surface area contributed by atoms with E-state index in [1.807, 2.05) is 51.1 Å². The van der Waals surface area contributed by atoms with E-state index < -0.39 is 30.4 Å². The monoisotopic (exact) mass is 591 g/mol. The SMILES string of the molecule is CCCCN(C(=O)CC(OC)C(C(C)CC)N(C)C(=O)CC(C)C)C(OC)C(C)C(=O)NC(C)C(O)c1ccccc1. The van der Waals surface area contributed by atoms with Gasteiger partial charge in [-0.05, 0) is 37.7 Å². The zero-order chi connectivity index (χ0) is 32.0. The van der Waals surface area contributed by atoms with Gasteiger partial charge in [0, 0.05) is 34.2 Å². The minimum atomic E-state index is -0.878. The van der Waals surface area contributed by atoms with Crippen molar-refractivity contribution in [2.75, 3.05) is 27.8 Å². The first-order valence-corrected chi connectivity index (χ1v) is 15.5. The molecule has 2 N–H and O–H groups in total. The molecular formula is C33H57N3O6. The Morgan fingerprint density at radius 3 is 2.05 bits per heavy atom. The first-order chi connectivity index (χ1) is 19.8. The Balaban J connectivity index is 3.18. The highest BCUT2D eigenvalue weighted by atomic mass is 16.5. The van der Waals surface area contributed by atoms with Gasteiger partial charge < -0.3 is 29.7 Å². The van der Waals surface area contributed by atoms with Crippen LogP contribution in [0.25, 0.3) is 0 Å². The largest absolute Gasteiger partial charge is 0.386 e. The van der Waals surface area contributed by atoms with Gasteiger partial charge in [0.05, 0.1) is 36.6 Å². The van der Waals surface area contributed by atoms with Crippen LogP contribution < -0.4 is 5.32 Å². The summed E-state index contributed by atoms with van der Waals surface area (Å²) < 4.78 is 11.7. The van der Waals surface area contributed by atoms with E-state index in [-0.39, 0.29) is 42.0 Å². The molecule has 0 aromatic heterocycles. The molecule has 0 aliphatic carbocycles. The maximum absolute atomic E-state index is 13.9. The normalized spacial score (nSPS) is 16.6. The molecule has 3 amide bonds. The highest BCUT2D eigenvalue weighted by Crippen LogP contribution is 2.25. The highest BCUT2D eigenvalue weighted by molar-refractivity contribution is 5.82. The molecule has 0 aliphatic heterocycles. The number of ether oxygens (including phenoxy) is 2. The predicted molar refractivity (Wildman–Crippen MR) is 166 cm³/mol. The van der Waals surface area contributed by atoms with Gasteiger partial charge in [-0.25, -0.2) is 0 Å². The lowest BCUT2D eigenvalue weighted by Crippen LogP contribution is -2.54. The van der Waals surface area contributed by atoms with E-state index in [1.54, 1.807) is 37.8 Å². The zero-order valence-electron chi connectivity index (χ0n) is 27.6. The van der Waals surface area contributed by atoms with Crippen LogP contribution >= 0.6 is 0 Å². The van der Waals surface area contributed by atoms with Crippen LogP contribution in [-0.2, 0) is 23.9 Å². The molecule has 9 heteroatoms. The molecule has 1 aromatic rings. The molecule has 0 aliphatic rings. The van der Waals surface area contributed by atoms with E-state index in [9.17, 15) is 19.5 Å². The Labute approximate surface area is 254 Å². The third kappa shape index (κ3) is 11.0. The van der Waals surface area contributed by atoms with Crippen molar-refractivity contribution in [3.8, 4) is 0 Å². The lowest BCUT2D eigenvalue weighted by atomic mass is 9.90. The van der Waals surface area contributed by atoms with Crippen molar-refractivity contribution in [3.63, 3.8) is 0 Å². The molecule has 1 rings (SSSR count). The van der Waals surface area contributed by atoms with E-state index in [1.165, 1.54) is 7.11 Å². The molecule has 0 heterocycles. The molecule has 0 saturated heterocycles. The second kappa shape index (κ2) is 18.9. The van der Waals surface area contributed by atoms with E-state index in [4.69, 9.17) is 9.47 Å². The Hall–Kier alpha value is -2.49. The fourth-order valence-electron chi connectivity index (χ4n) is 5.36. The molecule has 7 unspecified atom stereocenters. The Bertz CT molecular complexity index is 943. The molecule has 42 heavy (non-hydrogen) atoms. The number of nitrogens with one attached hydrogen (secondary N) is 1. The molecule has 1 aromatic carbocycles. The summed E-state index contributed by atoms with van der Waals surface area (Å²) in [7, 11) is 4.87. The van der Waals surface area contributed by atoms with Gasteiger partial charge in [-0.2, -0.15) is 0 Å². The van der Waals surface area contributed by atoms with Crippen molar-refractivity contribution in [2.45, 2.75) is 111 Å². The van der Waals surface area contributed by atoms with Crippen LogP contribution in [0.15, 0.2) is 30.3 Å². The maximum Gasteiger partial charge on any atom is 0.227 e. The van der Waals surface area contributed by atoms with Gasteiger partial charge in [0.25, 0.3) is 0 Å². The van der Waals surface area contributed by atoms with E-state index >= 15 is 0 Å². The number of aliphatic hydroxyl groups is 1. The zero-order valence-corrected chi connectivity index (χ0v) is 27.6. The fraction of sp³-hybridized carbons (Fsp3) is 0.727. The highest BCUT2D eigenvalue weighted by Gasteiger charge is 2.38. The smallest absolute Gasteiger partial charge is 0.227 e. The van der Waals surface area contributed by atoms with Gasteiger partial charge in [0.1, 0.15) is 6.23 Å². The number of rotatable bonds is 19. The van der Waals surface area contributed by atoms with Gasteiger partial charge in [-0.1, -0.05) is 77.8 Å². The Morgan fingerprint density at radius 1 is 0.929 bits per heavy atom. The average molecular weight is 592 g/mol. The maximum atomic E-state index is 13.9. The van der Waals surface area contributed by atoms with Gasteiger partial charge in [0.2, 0.25) is 17.7 Å². The van der Waals surface area contributed by atoms with E-state index in [2.05, 4.69) is 19.2 Å². The minimum absolute atomic E-state index is 0.0273. The second-order valence-corrected chi connectivity index (χ2v) is 12.0. The molecule has 0 spiro atoms. The molecule has 0 saturated carbocycles. The van der Waals surface area contributed by atoms with Crippen LogP contribution in [0, 0.1) is 17.8 Å². The van der Waals surface area contributed by atoms with Crippen molar-refractivity contribution < 1.29 is 29.0 Å². The number of nitrogens with zero attached hydrogens (tertiary/aromatic N) is 2. The number of unbranched alkanes of at least 4 members (excludes halogenated alkanes) is 1. The summed E-state index contributed by atoms with van der Waals surface area (Å²) in [6, 6.07) is 8.33. The summed E-state index contributed by atoms with van der Waals surface area (Å²) in [5, 5.41) is 13.7. The van der Waals surface area contributed by atoms with Crippen LogP contribution in [0.4, 0.5) is 0 Å². The Kier molecular flexibility index (Phi) is 16.9. The topological polar surface area (TPSA) is 108 Å². The number of aliphatic hydroxyl groups excluding tert-OH is 1. The molecule has 0 radical (unpaired) electrons. The first kappa shape index (κ1) is 37.5. The number of amides is 3. The van der Waals surface area contributed by atoms with Crippen molar-refractivity contribution in [2.24, 2.45) is 17.8 Å². The molecule has 7 atom stereocenters. The number of likely N-dealkylation sites (N-methyl/N-ethyl adjacent to an activating group) is 1. The number of hydrogen-bond acceptors (Lipinski definition) is 6. The van der Waals surface area contributed by atoms with Crippen LogP contribution in [0.3, 0.4) is 0 Å². The van der Waals surface area contributed by atoms with Crippen molar-refractivity contribution in [1.29, 1.82) is 0 Å². The van der Waals surface area contributed by atoms with Crippen molar-refractivity contribution in [3.05, 3.63) is 35.9 Å². The third-order valence-corrected chi connectivity index (χ3v) is 8.16. The number of carbonyl (C=O) groups excluding carboxylic acids is 3. The number of carbonyl (C=O) groups is 3. The summed E-state index contributed by atoms with van der Waals surface area (Å²) in [6.45, 7) is 14.1. The van der Waals surface area contributed by atoms with Crippen molar-refractivity contribution >= 4 is 17.7 Å². The standard InChI is InChI=1S/C33H57N3O6/c1-11-13-19-36(29(38)21-27(41-9)30(23(5)12-2)35(8)28(37)20-22(3)4)33(42-10)24(6)32(40)34-25(7)31(39)26-17-15-14-16-18-26/h14-18,22-25,27,30-31,33,39H,11-13,19-21H2,1-10H3,(H,34,40). The number of benzene rings is 1. The van der Waals surface area contributed by atoms with Gasteiger partial charge in [-0.3, -0.25) is 14.4 Å². The average Bonchev–Trinajstić information content (AvgIpc) is 2.97. The van der Waals surface area contributed by atoms with E-state index in [0.717, 1.165) is 19.3 Å². The Morgan fingerprint density at radius 2 is 1.55 bits per heavy atom. The van der Waals surface area contributed by atoms with Gasteiger partial charge >= 0.3 is 0 Å². The van der Waals surface area contributed by atoms with Crippen LogP contribution in [0.5, 0.6) is 0 Å². The number of methoxy groups -OCH3 is 2. The first-order valence-electron chi connectivity index (χ1n) is 15.5. The quantitative estimate of drug-likeness (QED) is 0.224. The van der Waals surface area contributed by atoms with Gasteiger partial charge in [-0.15, -0.1) is 0 Å². The van der Waals surface area contributed by atoms with Crippen LogP contribution in [0.1, 0.15) is 92.2 Å². The summed E-state index contributed by atoms with van der Waals surface area (Å²) in [5.41, 5.74) is 0.708. The number of hydrogen-bond donors (Lipinski definition) is 2. The van der Waals surface area contributed by atoms with Crippen molar-refractivity contribution in [1.82, 2.24) is 15.1 Å². The third-order valence-electron chi connectivity index (χ3n) is 8.16. The van der Waals surface area contributed by atoms with Crippen LogP contribution in [-0.4, -0.2) is 84.9 Å². The summed E-state index contributed by atoms with van der Waals surface area (Å²) >= 11 is 0. The molecule has 240 valence electrons. The summed E-state index contributed by atoms with van der Waals surface area (Å²) in [4.78, 5) is 43.7. The second-order valence-electron chi connectivity index (χ2n) is 12.0. The van der Waals surface area contributed by atoms with Crippen LogP contribution in [0.2, 0.25) is 0 Å². The molecular weight excluding hydrogens is 534 g/mol. The lowest BCUT2D eigenvalue weighted by molar-refractivity contribution is -0.158. The lowest BCUT2D eigenvalue weighted by Gasteiger charge is -2.40. The van der Waals surface area contributed by atoms with Gasteiger partial charge in [0.15, 0.2) is 0 Å². The molecule has 0 bridgehead atoms. The predicted octanol–water partition coefficient (Wildman–Crippen LogP) is 4.79.